The van der Waals surface area contributed by atoms with Gasteiger partial charge in [0, 0.05) is 20.8 Å². The second-order valence-corrected chi connectivity index (χ2v) is 4.10. The lowest BCUT2D eigenvalue weighted by molar-refractivity contribution is 0.687. The van der Waals surface area contributed by atoms with E-state index < -0.39 is 0 Å². The molecule has 0 bridgehead atoms. The third kappa shape index (κ3) is 4.32. The van der Waals surface area contributed by atoms with Crippen molar-refractivity contribution in [2.24, 2.45) is 0 Å². The van der Waals surface area contributed by atoms with Gasteiger partial charge in [-0.25, -0.2) is 0 Å². The van der Waals surface area contributed by atoms with Gasteiger partial charge >= 0.3 is 0 Å². The number of nitrogens with zero attached hydrogens (tertiary/aromatic N) is 1. The minimum absolute atomic E-state index is 0.00518. The zero-order valence-corrected chi connectivity index (χ0v) is 8.54. The first-order valence-electron chi connectivity index (χ1n) is 4.57. The van der Waals surface area contributed by atoms with Gasteiger partial charge in [-0.05, 0) is 5.56 Å². The van der Waals surface area contributed by atoms with Crippen LogP contribution in [0.3, 0.4) is 0 Å². The normalized spacial score (nSPS) is 10.4. The van der Waals surface area contributed by atoms with Gasteiger partial charge in [0.15, 0.2) is 0 Å². The van der Waals surface area contributed by atoms with Crippen LogP contribution in [0.5, 0.6) is 0 Å². The predicted octanol–water partition coefficient (Wildman–Crippen LogP) is 3.36. The van der Waals surface area contributed by atoms with Crippen molar-refractivity contribution in [1.29, 1.82) is 0 Å². The van der Waals surface area contributed by atoms with E-state index in [1.54, 1.807) is 0 Å². The van der Waals surface area contributed by atoms with Crippen molar-refractivity contribution in [3.8, 4) is 6.07 Å². The molecule has 0 fully saturated rings. The molecule has 0 aliphatic heterocycles. The maximum absolute atomic E-state index is 4.30. The van der Waals surface area contributed by atoms with Gasteiger partial charge in [0.05, 0.1) is 0 Å². The molecule has 0 saturated heterocycles. The highest BCUT2D eigenvalue weighted by molar-refractivity contribution is 5.19. The fraction of sp³-hybridized carbons (Fsp3) is 0.417. The van der Waals surface area contributed by atoms with Gasteiger partial charge in [0.25, 0.3) is 11.6 Å². The van der Waals surface area contributed by atoms with Gasteiger partial charge in [-0.3, -0.25) is 0 Å². The van der Waals surface area contributed by atoms with Crippen LogP contribution in [0.2, 0.25) is 0 Å². The maximum atomic E-state index is 4.30. The molecule has 0 radical (unpaired) electrons. The van der Waals surface area contributed by atoms with E-state index in [0.29, 0.717) is 0 Å². The third-order valence-electron chi connectivity index (χ3n) is 1.54. The van der Waals surface area contributed by atoms with Crippen molar-refractivity contribution in [2.75, 3.05) is 0 Å². The molecule has 0 spiro atoms. The van der Waals surface area contributed by atoms with Crippen LogP contribution in [0.4, 0.5) is 0 Å². The first-order chi connectivity index (χ1) is 6.08. The molecule has 1 heteroatoms. The minimum atomic E-state index is -0.00518. The molecule has 0 aromatic heterocycles. The highest BCUT2D eigenvalue weighted by atomic mass is 14.8. The zero-order valence-electron chi connectivity index (χ0n) is 8.54. The molecule has 13 heavy (non-hydrogen) atoms. The van der Waals surface area contributed by atoms with Gasteiger partial charge in [0.2, 0.25) is 0 Å². The Labute approximate surface area is 80.2 Å². The summed E-state index contributed by atoms with van der Waals surface area (Å²) in [4.78, 5) is 4.30. The summed E-state index contributed by atoms with van der Waals surface area (Å²) in [6.45, 7) is 6.22. The molecule has 1 nitrogen and oxygen atoms in total. The Bertz CT molecular complexity index is 308. The molecule has 0 saturated carbocycles. The molecule has 0 N–H and O–H groups in total. The molecule has 68 valence electrons. The molecular formula is C12H16N+. The first kappa shape index (κ1) is 9.80. The fourth-order valence-electron chi connectivity index (χ4n) is 0.964. The van der Waals surface area contributed by atoms with Crippen molar-refractivity contribution in [1.82, 2.24) is 0 Å². The first-order valence-corrected chi connectivity index (χ1v) is 4.57. The van der Waals surface area contributed by atoms with E-state index in [1.165, 1.54) is 5.56 Å². The van der Waals surface area contributed by atoms with Gasteiger partial charge in [-0.15, -0.1) is 0 Å². The largest absolute Gasteiger partial charge is 0.278 e. The van der Waals surface area contributed by atoms with E-state index in [-0.39, 0.29) is 5.54 Å². The molecular weight excluding hydrogens is 158 g/mol. The van der Waals surface area contributed by atoms with Gasteiger partial charge in [0.1, 0.15) is 6.42 Å². The smallest absolute Gasteiger partial charge is 0.0777 e. The van der Waals surface area contributed by atoms with Crippen molar-refractivity contribution in [3.05, 3.63) is 40.7 Å². The van der Waals surface area contributed by atoms with Crippen molar-refractivity contribution in [3.63, 3.8) is 0 Å². The Morgan fingerprint density at radius 1 is 1.15 bits per heavy atom. The number of hydrogen-bond acceptors (Lipinski definition) is 0. The SMILES string of the molecule is CC(C)(C)[N+]#CCc1ccccc1. The summed E-state index contributed by atoms with van der Waals surface area (Å²) in [6.07, 6.45) is 0.804. The maximum Gasteiger partial charge on any atom is 0.278 e. The molecule has 1 aromatic rings. The van der Waals surface area contributed by atoms with Crippen LogP contribution in [0, 0.1) is 6.07 Å². The van der Waals surface area contributed by atoms with Crippen LogP contribution in [-0.2, 0) is 6.42 Å². The Morgan fingerprint density at radius 2 is 1.77 bits per heavy atom. The van der Waals surface area contributed by atoms with Crippen LogP contribution in [-0.4, -0.2) is 5.54 Å². The number of hydrogen-bond donors (Lipinski definition) is 0. The monoisotopic (exact) mass is 174 g/mol. The van der Waals surface area contributed by atoms with Crippen LogP contribution < -0.4 is 0 Å². The minimum Gasteiger partial charge on any atom is -0.0777 e. The molecule has 0 unspecified atom stereocenters. The summed E-state index contributed by atoms with van der Waals surface area (Å²) in [5.41, 5.74) is 1.25. The third-order valence-corrected chi connectivity index (χ3v) is 1.54. The van der Waals surface area contributed by atoms with Crippen molar-refractivity contribution < 1.29 is 0 Å². The predicted molar refractivity (Wildman–Crippen MR) is 57.1 cm³/mol. The van der Waals surface area contributed by atoms with E-state index in [4.69, 9.17) is 0 Å². The van der Waals surface area contributed by atoms with Crippen LogP contribution >= 0.6 is 0 Å². The van der Waals surface area contributed by atoms with Gasteiger partial charge in [-0.2, -0.15) is 0 Å². The summed E-state index contributed by atoms with van der Waals surface area (Å²) in [7, 11) is 0. The molecule has 0 heterocycles. The standard InChI is InChI=1S/C12H16N/c1-12(2,3)13-10-9-11-7-5-4-6-8-11/h4-8H,9H2,1-3H3/q+1. The van der Waals surface area contributed by atoms with Crippen LogP contribution in [0.15, 0.2) is 30.3 Å². The molecule has 0 aliphatic carbocycles. The van der Waals surface area contributed by atoms with Crippen LogP contribution in [0.25, 0.3) is 4.85 Å². The van der Waals surface area contributed by atoms with Crippen molar-refractivity contribution >= 4 is 0 Å². The summed E-state index contributed by atoms with van der Waals surface area (Å²) < 4.78 is 0. The van der Waals surface area contributed by atoms with Gasteiger partial charge < -0.3 is 0 Å². The molecule has 1 rings (SSSR count). The highest BCUT2D eigenvalue weighted by Crippen LogP contribution is 2.06. The second-order valence-electron chi connectivity index (χ2n) is 4.10. The average molecular weight is 174 g/mol. The number of rotatable bonds is 1. The summed E-state index contributed by atoms with van der Waals surface area (Å²) in [5.74, 6) is 0. The Balaban J connectivity index is 2.56. The summed E-state index contributed by atoms with van der Waals surface area (Å²) >= 11 is 0. The average Bonchev–Trinajstić information content (AvgIpc) is 2.04. The van der Waals surface area contributed by atoms with E-state index in [0.717, 1.165) is 6.42 Å². The highest BCUT2D eigenvalue weighted by Gasteiger charge is 2.18. The van der Waals surface area contributed by atoms with E-state index >= 15 is 0 Å². The Kier molecular flexibility index (Phi) is 3.08. The summed E-state index contributed by atoms with van der Waals surface area (Å²) in [6, 6.07) is 13.3. The Hall–Kier alpha value is -1.29. The zero-order chi connectivity index (χ0) is 9.73. The molecule has 1 aromatic carbocycles. The topological polar surface area (TPSA) is 4.36 Å². The van der Waals surface area contributed by atoms with Crippen LogP contribution in [0.1, 0.15) is 26.3 Å². The lowest BCUT2D eigenvalue weighted by Crippen LogP contribution is -2.05. The van der Waals surface area contributed by atoms with E-state index in [1.807, 2.05) is 18.2 Å². The molecule has 0 atom stereocenters. The lowest BCUT2D eigenvalue weighted by Gasteiger charge is -1.92. The van der Waals surface area contributed by atoms with Crippen molar-refractivity contribution in [2.45, 2.75) is 32.7 Å². The number of benzene rings is 1. The molecule has 0 aliphatic rings. The quantitative estimate of drug-likeness (QED) is 0.615. The Morgan fingerprint density at radius 3 is 2.31 bits per heavy atom. The fourth-order valence-corrected chi connectivity index (χ4v) is 0.964. The second kappa shape index (κ2) is 4.09. The lowest BCUT2D eigenvalue weighted by atomic mass is 10.1. The van der Waals surface area contributed by atoms with Gasteiger partial charge in [-0.1, -0.05) is 35.2 Å². The molecule has 0 amide bonds. The van der Waals surface area contributed by atoms with E-state index in [2.05, 4.69) is 43.8 Å². The summed E-state index contributed by atoms with van der Waals surface area (Å²) in [5, 5.41) is 0. The van der Waals surface area contributed by atoms with E-state index in [9.17, 15) is 0 Å².